The minimum absolute atomic E-state index is 0.0596. The number of ether oxygens (including phenoxy) is 2. The van der Waals surface area contributed by atoms with Gasteiger partial charge in [0, 0.05) is 25.1 Å². The van der Waals surface area contributed by atoms with Gasteiger partial charge in [-0.1, -0.05) is 25.1 Å². The van der Waals surface area contributed by atoms with Gasteiger partial charge in [-0.25, -0.2) is 0 Å². The third-order valence-electron chi connectivity index (χ3n) is 4.13. The SMILES string of the molecule is CCN1CCOC(C(N)c2cccc3c2OCC3)C1. The van der Waals surface area contributed by atoms with Crippen LogP contribution in [0.3, 0.4) is 0 Å². The molecule has 1 fully saturated rings. The zero-order valence-electron chi connectivity index (χ0n) is 11.5. The Morgan fingerprint density at radius 1 is 1.42 bits per heavy atom. The Labute approximate surface area is 114 Å². The largest absolute Gasteiger partial charge is 0.493 e. The Bertz CT molecular complexity index is 450. The number of hydrogen-bond acceptors (Lipinski definition) is 4. The highest BCUT2D eigenvalue weighted by atomic mass is 16.5. The van der Waals surface area contributed by atoms with Crippen LogP contribution < -0.4 is 10.5 Å². The third-order valence-corrected chi connectivity index (χ3v) is 4.13. The van der Waals surface area contributed by atoms with Crippen LogP contribution in [0.4, 0.5) is 0 Å². The van der Waals surface area contributed by atoms with E-state index in [2.05, 4.69) is 30.0 Å². The topological polar surface area (TPSA) is 47.7 Å². The Balaban J connectivity index is 1.80. The van der Waals surface area contributed by atoms with E-state index in [0.717, 1.165) is 50.6 Å². The molecule has 3 rings (SSSR count). The van der Waals surface area contributed by atoms with Crippen LogP contribution in [-0.4, -0.2) is 43.9 Å². The number of nitrogens with zero attached hydrogens (tertiary/aromatic N) is 1. The Hall–Kier alpha value is -1.10. The molecule has 4 heteroatoms. The first kappa shape index (κ1) is 12.9. The minimum atomic E-state index is -0.109. The van der Waals surface area contributed by atoms with E-state index in [-0.39, 0.29) is 12.1 Å². The number of hydrogen-bond donors (Lipinski definition) is 1. The Kier molecular flexibility index (Phi) is 3.73. The van der Waals surface area contributed by atoms with Gasteiger partial charge in [0.1, 0.15) is 5.75 Å². The number of likely N-dealkylation sites (N-methyl/N-ethyl adjacent to an activating group) is 1. The van der Waals surface area contributed by atoms with Crippen LogP contribution in [0.25, 0.3) is 0 Å². The molecule has 4 nitrogen and oxygen atoms in total. The smallest absolute Gasteiger partial charge is 0.127 e. The van der Waals surface area contributed by atoms with Crippen molar-refractivity contribution in [2.45, 2.75) is 25.5 Å². The summed E-state index contributed by atoms with van der Waals surface area (Å²) in [5.74, 6) is 0.993. The summed E-state index contributed by atoms with van der Waals surface area (Å²) >= 11 is 0. The van der Waals surface area contributed by atoms with Gasteiger partial charge < -0.3 is 15.2 Å². The summed E-state index contributed by atoms with van der Waals surface area (Å²) in [6.45, 7) is 6.67. The van der Waals surface area contributed by atoms with Crippen molar-refractivity contribution < 1.29 is 9.47 Å². The van der Waals surface area contributed by atoms with Crippen molar-refractivity contribution in [3.8, 4) is 5.75 Å². The molecule has 2 N–H and O–H groups in total. The van der Waals surface area contributed by atoms with E-state index in [1.165, 1.54) is 5.56 Å². The summed E-state index contributed by atoms with van der Waals surface area (Å²) in [7, 11) is 0. The van der Waals surface area contributed by atoms with Crippen molar-refractivity contribution in [3.05, 3.63) is 29.3 Å². The first-order valence-corrected chi connectivity index (χ1v) is 7.13. The summed E-state index contributed by atoms with van der Waals surface area (Å²) in [4.78, 5) is 2.39. The predicted molar refractivity (Wildman–Crippen MR) is 74.4 cm³/mol. The number of benzene rings is 1. The monoisotopic (exact) mass is 262 g/mol. The lowest BCUT2D eigenvalue weighted by Gasteiger charge is -2.35. The summed E-state index contributed by atoms with van der Waals surface area (Å²) in [5, 5.41) is 0. The predicted octanol–water partition coefficient (Wildman–Crippen LogP) is 1.34. The maximum absolute atomic E-state index is 6.43. The molecule has 1 aromatic rings. The molecule has 0 spiro atoms. The summed E-state index contributed by atoms with van der Waals surface area (Å²) in [6, 6.07) is 6.16. The second-order valence-corrected chi connectivity index (χ2v) is 5.26. The highest BCUT2D eigenvalue weighted by Gasteiger charge is 2.29. The van der Waals surface area contributed by atoms with E-state index in [1.807, 2.05) is 0 Å². The first-order chi connectivity index (χ1) is 9.29. The van der Waals surface area contributed by atoms with Crippen molar-refractivity contribution in [1.82, 2.24) is 4.90 Å². The molecule has 19 heavy (non-hydrogen) atoms. The van der Waals surface area contributed by atoms with Crippen LogP contribution >= 0.6 is 0 Å². The van der Waals surface area contributed by atoms with Crippen molar-refractivity contribution in [2.24, 2.45) is 5.73 Å². The molecule has 0 radical (unpaired) electrons. The average Bonchev–Trinajstić information content (AvgIpc) is 2.95. The lowest BCUT2D eigenvalue weighted by Crippen LogP contribution is -2.46. The summed E-state index contributed by atoms with van der Waals surface area (Å²) in [6.07, 6.45) is 1.05. The van der Waals surface area contributed by atoms with Gasteiger partial charge in [-0.2, -0.15) is 0 Å². The normalized spacial score (nSPS) is 24.8. The first-order valence-electron chi connectivity index (χ1n) is 7.13. The fraction of sp³-hybridized carbons (Fsp3) is 0.600. The molecule has 0 bridgehead atoms. The highest BCUT2D eigenvalue weighted by molar-refractivity contribution is 5.46. The molecule has 104 valence electrons. The fourth-order valence-electron chi connectivity index (χ4n) is 2.94. The minimum Gasteiger partial charge on any atom is -0.493 e. The number of rotatable bonds is 3. The van der Waals surface area contributed by atoms with Crippen LogP contribution in [0.1, 0.15) is 24.1 Å². The third kappa shape index (κ3) is 2.48. The molecule has 0 saturated carbocycles. The van der Waals surface area contributed by atoms with E-state index >= 15 is 0 Å². The molecule has 1 saturated heterocycles. The van der Waals surface area contributed by atoms with Gasteiger partial charge in [-0.3, -0.25) is 4.90 Å². The molecular weight excluding hydrogens is 240 g/mol. The molecule has 0 aliphatic carbocycles. The number of para-hydroxylation sites is 1. The van der Waals surface area contributed by atoms with Crippen molar-refractivity contribution in [1.29, 1.82) is 0 Å². The van der Waals surface area contributed by atoms with Gasteiger partial charge in [-0.15, -0.1) is 0 Å². The van der Waals surface area contributed by atoms with Crippen molar-refractivity contribution in [2.75, 3.05) is 32.8 Å². The molecule has 1 aromatic carbocycles. The van der Waals surface area contributed by atoms with Gasteiger partial charge in [0.15, 0.2) is 0 Å². The van der Waals surface area contributed by atoms with E-state index in [0.29, 0.717) is 0 Å². The molecular formula is C15H22N2O2. The number of nitrogens with two attached hydrogens (primary N) is 1. The van der Waals surface area contributed by atoms with Crippen LogP contribution in [0, 0.1) is 0 Å². The molecule has 0 aromatic heterocycles. The number of morpholine rings is 1. The van der Waals surface area contributed by atoms with E-state index in [9.17, 15) is 0 Å². The highest BCUT2D eigenvalue weighted by Crippen LogP contribution is 2.34. The Morgan fingerprint density at radius 2 is 2.32 bits per heavy atom. The van der Waals surface area contributed by atoms with Crippen LogP contribution in [0.5, 0.6) is 5.75 Å². The van der Waals surface area contributed by atoms with Crippen LogP contribution in [0.15, 0.2) is 18.2 Å². The molecule has 2 unspecified atom stereocenters. The zero-order chi connectivity index (χ0) is 13.2. The number of fused-ring (bicyclic) bond motifs is 1. The van der Waals surface area contributed by atoms with Crippen LogP contribution in [-0.2, 0) is 11.2 Å². The fourth-order valence-corrected chi connectivity index (χ4v) is 2.94. The lowest BCUT2D eigenvalue weighted by molar-refractivity contribution is -0.0395. The summed E-state index contributed by atoms with van der Waals surface area (Å²) in [5.41, 5.74) is 8.80. The van der Waals surface area contributed by atoms with Gasteiger partial charge in [0.25, 0.3) is 0 Å². The maximum Gasteiger partial charge on any atom is 0.127 e. The molecule has 2 aliphatic heterocycles. The van der Waals surface area contributed by atoms with Gasteiger partial charge in [0.05, 0.1) is 25.4 Å². The molecule has 2 heterocycles. The Morgan fingerprint density at radius 3 is 3.16 bits per heavy atom. The second-order valence-electron chi connectivity index (χ2n) is 5.26. The van der Waals surface area contributed by atoms with Crippen molar-refractivity contribution in [3.63, 3.8) is 0 Å². The van der Waals surface area contributed by atoms with Crippen molar-refractivity contribution >= 4 is 0 Å². The lowest BCUT2D eigenvalue weighted by atomic mass is 9.97. The van der Waals surface area contributed by atoms with Gasteiger partial charge >= 0.3 is 0 Å². The van der Waals surface area contributed by atoms with Crippen LogP contribution in [0.2, 0.25) is 0 Å². The molecule has 2 atom stereocenters. The van der Waals surface area contributed by atoms with E-state index in [4.69, 9.17) is 15.2 Å². The van der Waals surface area contributed by atoms with E-state index < -0.39 is 0 Å². The standard InChI is InChI=1S/C15H22N2O2/c1-2-17-7-9-18-13(10-17)14(16)12-5-3-4-11-6-8-19-15(11)12/h3-5,13-14H,2,6-10,16H2,1H3. The quantitative estimate of drug-likeness (QED) is 0.893. The van der Waals surface area contributed by atoms with E-state index in [1.54, 1.807) is 0 Å². The zero-order valence-corrected chi connectivity index (χ0v) is 11.5. The maximum atomic E-state index is 6.43. The second kappa shape index (κ2) is 5.49. The van der Waals surface area contributed by atoms with Gasteiger partial charge in [0.2, 0.25) is 0 Å². The van der Waals surface area contributed by atoms with Gasteiger partial charge in [-0.05, 0) is 12.1 Å². The molecule has 0 amide bonds. The molecule has 2 aliphatic rings. The summed E-state index contributed by atoms with van der Waals surface area (Å²) < 4.78 is 11.6. The average molecular weight is 262 g/mol.